The molecule has 0 fully saturated rings. The van der Waals surface area contributed by atoms with Gasteiger partial charge in [-0.15, -0.1) is 0 Å². The second-order valence-electron chi connectivity index (χ2n) is 3.16. The molecule has 0 bridgehead atoms. The van der Waals surface area contributed by atoms with Crippen molar-refractivity contribution in [3.8, 4) is 5.75 Å². The van der Waals surface area contributed by atoms with Gasteiger partial charge < -0.3 is 4.74 Å². The maximum atomic E-state index is 12.4. The van der Waals surface area contributed by atoms with Crippen molar-refractivity contribution in [2.45, 2.75) is 13.1 Å². The molecular weight excluding hydrogens is 221 g/mol. The van der Waals surface area contributed by atoms with Gasteiger partial charge in [0.05, 0.1) is 8.80 Å². The van der Waals surface area contributed by atoms with Gasteiger partial charge in [-0.3, -0.25) is 0 Å². The van der Waals surface area contributed by atoms with Crippen LogP contribution in [0.5, 0.6) is 5.75 Å². The first-order chi connectivity index (χ1) is 7.00. The molecule has 1 rings (SSSR count). The van der Waals surface area contributed by atoms with E-state index in [-0.39, 0.29) is 5.75 Å². The Kier molecular flexibility index (Phi) is 3.96. The fraction of sp³-hybridized carbons (Fsp3) is 0.200. The third kappa shape index (κ3) is 3.43. The van der Waals surface area contributed by atoms with Gasteiger partial charge in [0.1, 0.15) is 5.75 Å². The lowest BCUT2D eigenvalue weighted by atomic mass is 10.3. The molecule has 0 aliphatic carbocycles. The SMILES string of the molecule is C[Si](C)c1ccc(OC(F)=C(F)F)cc1. The van der Waals surface area contributed by atoms with Gasteiger partial charge >= 0.3 is 12.1 Å². The van der Waals surface area contributed by atoms with Crippen LogP contribution in [0.2, 0.25) is 13.1 Å². The predicted molar refractivity (Wildman–Crippen MR) is 54.5 cm³/mol. The number of hydrogen-bond acceptors (Lipinski definition) is 1. The van der Waals surface area contributed by atoms with E-state index in [1.54, 1.807) is 12.1 Å². The molecule has 0 saturated carbocycles. The van der Waals surface area contributed by atoms with Crippen molar-refractivity contribution < 1.29 is 17.9 Å². The van der Waals surface area contributed by atoms with E-state index in [0.29, 0.717) is 0 Å². The minimum absolute atomic E-state index is 0.0762. The molecule has 15 heavy (non-hydrogen) atoms. The second-order valence-corrected chi connectivity index (χ2v) is 5.74. The van der Waals surface area contributed by atoms with Crippen LogP contribution in [-0.2, 0) is 0 Å². The Balaban J connectivity index is 2.78. The van der Waals surface area contributed by atoms with Crippen LogP contribution in [0.15, 0.2) is 36.4 Å². The standard InChI is InChI=1S/C10H10F3OSi/c1-15(2)8-5-3-7(4-6-8)14-10(13)9(11)12/h3-6H,1-2H3. The summed E-state index contributed by atoms with van der Waals surface area (Å²) in [5.74, 6) is 0.0762. The highest BCUT2D eigenvalue weighted by atomic mass is 28.3. The normalized spacial score (nSPS) is 10.3. The van der Waals surface area contributed by atoms with E-state index in [1.807, 2.05) is 0 Å². The summed E-state index contributed by atoms with van der Waals surface area (Å²) in [7, 11) is -0.582. The van der Waals surface area contributed by atoms with Crippen molar-refractivity contribution in [1.29, 1.82) is 0 Å². The molecular formula is C10H10F3OSi. The molecule has 1 nitrogen and oxygen atoms in total. The van der Waals surface area contributed by atoms with Crippen molar-refractivity contribution in [2.24, 2.45) is 0 Å². The second kappa shape index (κ2) is 5.02. The van der Waals surface area contributed by atoms with Crippen LogP contribution in [0.1, 0.15) is 0 Å². The average molecular weight is 231 g/mol. The Hall–Kier alpha value is -1.23. The molecule has 0 aromatic heterocycles. The van der Waals surface area contributed by atoms with E-state index in [2.05, 4.69) is 17.8 Å². The van der Waals surface area contributed by atoms with Crippen LogP contribution in [0.3, 0.4) is 0 Å². The lowest BCUT2D eigenvalue weighted by Gasteiger charge is -2.05. The summed E-state index contributed by atoms with van der Waals surface area (Å²) in [6.45, 7) is 4.20. The summed E-state index contributed by atoms with van der Waals surface area (Å²) in [6.07, 6.45) is -2.45. The highest BCUT2D eigenvalue weighted by Gasteiger charge is 2.08. The Bertz CT molecular complexity index is 355. The molecule has 0 aliphatic heterocycles. The summed E-state index contributed by atoms with van der Waals surface area (Å²) in [5, 5.41) is 1.14. The molecule has 0 atom stereocenters. The van der Waals surface area contributed by atoms with Crippen molar-refractivity contribution in [2.75, 3.05) is 0 Å². The number of benzene rings is 1. The van der Waals surface area contributed by atoms with Crippen molar-refractivity contribution >= 4 is 14.0 Å². The lowest BCUT2D eigenvalue weighted by Crippen LogP contribution is -2.21. The fourth-order valence-corrected chi connectivity index (χ4v) is 1.83. The largest absolute Gasteiger partial charge is 0.428 e. The minimum Gasteiger partial charge on any atom is -0.428 e. The van der Waals surface area contributed by atoms with Gasteiger partial charge in [-0.2, -0.15) is 13.2 Å². The number of ether oxygens (including phenoxy) is 1. The number of halogens is 3. The van der Waals surface area contributed by atoms with Crippen LogP contribution in [0, 0.1) is 0 Å². The molecule has 0 heterocycles. The first kappa shape index (κ1) is 11.8. The van der Waals surface area contributed by atoms with E-state index in [1.165, 1.54) is 12.1 Å². The zero-order valence-corrected chi connectivity index (χ0v) is 9.35. The Labute approximate surface area is 87.8 Å². The molecule has 0 spiro atoms. The number of hydrogen-bond donors (Lipinski definition) is 0. The molecule has 1 aromatic carbocycles. The van der Waals surface area contributed by atoms with E-state index in [0.717, 1.165) is 5.19 Å². The Morgan fingerprint density at radius 1 is 1.07 bits per heavy atom. The minimum atomic E-state index is -2.45. The van der Waals surface area contributed by atoms with Gasteiger partial charge in [0.2, 0.25) is 0 Å². The lowest BCUT2D eigenvalue weighted by molar-refractivity contribution is 0.241. The van der Waals surface area contributed by atoms with Crippen LogP contribution < -0.4 is 9.92 Å². The molecule has 0 N–H and O–H groups in total. The topological polar surface area (TPSA) is 9.23 Å². The number of rotatable bonds is 3. The predicted octanol–water partition coefficient (Wildman–Crippen LogP) is 3.06. The highest BCUT2D eigenvalue weighted by molar-refractivity contribution is 6.70. The highest BCUT2D eigenvalue weighted by Crippen LogP contribution is 2.16. The molecule has 5 heteroatoms. The van der Waals surface area contributed by atoms with E-state index >= 15 is 0 Å². The maximum Gasteiger partial charge on any atom is 0.344 e. The monoisotopic (exact) mass is 231 g/mol. The van der Waals surface area contributed by atoms with E-state index in [4.69, 9.17) is 0 Å². The summed E-state index contributed by atoms with van der Waals surface area (Å²) >= 11 is 0. The first-order valence-electron chi connectivity index (χ1n) is 4.30. The summed E-state index contributed by atoms with van der Waals surface area (Å²) in [4.78, 5) is 0. The zero-order valence-electron chi connectivity index (χ0n) is 8.35. The van der Waals surface area contributed by atoms with Gasteiger partial charge in [-0.05, 0) is 12.1 Å². The quantitative estimate of drug-likeness (QED) is 0.574. The van der Waals surface area contributed by atoms with Crippen molar-refractivity contribution in [1.82, 2.24) is 0 Å². The molecule has 0 unspecified atom stereocenters. The van der Waals surface area contributed by atoms with Crippen molar-refractivity contribution in [3.63, 3.8) is 0 Å². The van der Waals surface area contributed by atoms with Gasteiger partial charge in [-0.25, -0.2) is 0 Å². The van der Waals surface area contributed by atoms with Crippen LogP contribution >= 0.6 is 0 Å². The third-order valence-electron chi connectivity index (χ3n) is 1.79. The maximum absolute atomic E-state index is 12.4. The van der Waals surface area contributed by atoms with Gasteiger partial charge in [0.15, 0.2) is 0 Å². The smallest absolute Gasteiger partial charge is 0.344 e. The summed E-state index contributed by atoms with van der Waals surface area (Å²) in [6, 6.07) is 4.63. The first-order valence-corrected chi connectivity index (χ1v) is 6.80. The van der Waals surface area contributed by atoms with Gasteiger partial charge in [0.25, 0.3) is 0 Å². The van der Waals surface area contributed by atoms with Crippen LogP contribution in [-0.4, -0.2) is 8.80 Å². The molecule has 1 radical (unpaired) electrons. The van der Waals surface area contributed by atoms with Gasteiger partial charge in [-0.1, -0.05) is 30.4 Å². The molecule has 0 aliphatic rings. The molecule has 81 valence electrons. The summed E-state index contributed by atoms with van der Waals surface area (Å²) in [5.41, 5.74) is 0. The van der Waals surface area contributed by atoms with E-state index in [9.17, 15) is 13.2 Å². The summed E-state index contributed by atoms with van der Waals surface area (Å²) < 4.78 is 40.1. The van der Waals surface area contributed by atoms with E-state index < -0.39 is 20.9 Å². The Morgan fingerprint density at radius 3 is 2.00 bits per heavy atom. The molecule has 0 saturated heterocycles. The van der Waals surface area contributed by atoms with Crippen LogP contribution in [0.25, 0.3) is 0 Å². The van der Waals surface area contributed by atoms with Crippen molar-refractivity contribution in [3.05, 3.63) is 36.4 Å². The average Bonchev–Trinajstić information content (AvgIpc) is 2.18. The third-order valence-corrected chi connectivity index (χ3v) is 3.28. The zero-order chi connectivity index (χ0) is 11.4. The van der Waals surface area contributed by atoms with Gasteiger partial charge in [0, 0.05) is 0 Å². The molecule has 1 aromatic rings. The fourth-order valence-electron chi connectivity index (χ4n) is 0.998. The molecule has 0 amide bonds. The van der Waals surface area contributed by atoms with Crippen LogP contribution in [0.4, 0.5) is 13.2 Å². The Morgan fingerprint density at radius 2 is 1.60 bits per heavy atom.